The number of benzene rings is 1. The maximum Gasteiger partial charge on any atom is 0.259 e. The number of hydrogen-bond donors (Lipinski definition) is 2. The summed E-state index contributed by atoms with van der Waals surface area (Å²) < 4.78 is 0. The number of H-pyrrole nitrogens is 1. The summed E-state index contributed by atoms with van der Waals surface area (Å²) in [4.78, 5) is 38.3. The number of carbonyl (C=O) groups excluding carboxylic acids is 1. The van der Waals surface area contributed by atoms with Gasteiger partial charge in [0.15, 0.2) is 0 Å². The number of nitrogens with one attached hydrogen (secondary N) is 2. The third-order valence-corrected chi connectivity index (χ3v) is 6.87. The Labute approximate surface area is 204 Å². The van der Waals surface area contributed by atoms with Gasteiger partial charge in [0.05, 0.1) is 11.1 Å². The molecule has 2 N–H and O–H groups in total. The third kappa shape index (κ3) is 4.67. The smallest absolute Gasteiger partial charge is 0.259 e. The molecule has 0 unspecified atom stereocenters. The van der Waals surface area contributed by atoms with Crippen LogP contribution in [-0.4, -0.2) is 38.8 Å². The van der Waals surface area contributed by atoms with Crippen molar-refractivity contribution in [2.75, 3.05) is 18.4 Å². The Balaban J connectivity index is 1.47. The van der Waals surface area contributed by atoms with Crippen LogP contribution in [-0.2, 0) is 4.79 Å². The number of carbonyl (C=O) groups is 1. The number of piperidine rings is 1. The Morgan fingerprint density at radius 3 is 2.57 bits per heavy atom. The van der Waals surface area contributed by atoms with Crippen LogP contribution in [0.5, 0.6) is 0 Å². The lowest BCUT2D eigenvalue weighted by molar-refractivity contribution is -0.129. The monoisotopic (exact) mass is 467 g/mol. The van der Waals surface area contributed by atoms with Crippen molar-refractivity contribution in [3.05, 3.63) is 82.0 Å². The zero-order valence-electron chi connectivity index (χ0n) is 20.3. The highest BCUT2D eigenvalue weighted by Crippen LogP contribution is 2.33. The van der Waals surface area contributed by atoms with Gasteiger partial charge in [0.2, 0.25) is 5.91 Å². The van der Waals surface area contributed by atoms with Crippen LogP contribution in [0.15, 0.2) is 59.7 Å². The molecule has 7 heteroatoms. The predicted molar refractivity (Wildman–Crippen MR) is 139 cm³/mol. The normalized spacial score (nSPS) is 14.3. The van der Waals surface area contributed by atoms with Crippen LogP contribution in [0.3, 0.4) is 0 Å². The molecule has 1 aliphatic heterocycles. The number of hydrogen-bond acceptors (Lipinski definition) is 5. The summed E-state index contributed by atoms with van der Waals surface area (Å²) in [7, 11) is 0. The number of aromatic amines is 1. The molecule has 5 rings (SSSR count). The van der Waals surface area contributed by atoms with E-state index in [1.807, 2.05) is 42.2 Å². The first-order valence-electron chi connectivity index (χ1n) is 12.0. The van der Waals surface area contributed by atoms with E-state index in [9.17, 15) is 9.59 Å². The maximum absolute atomic E-state index is 12.7. The second-order valence-corrected chi connectivity index (χ2v) is 9.29. The van der Waals surface area contributed by atoms with Crippen molar-refractivity contribution in [1.29, 1.82) is 0 Å². The summed E-state index contributed by atoms with van der Waals surface area (Å²) in [6, 6.07) is 14.1. The molecule has 1 aromatic carbocycles. The molecule has 0 radical (unpaired) electrons. The van der Waals surface area contributed by atoms with Crippen molar-refractivity contribution in [2.24, 2.45) is 0 Å². The van der Waals surface area contributed by atoms with Gasteiger partial charge in [-0.1, -0.05) is 6.07 Å². The van der Waals surface area contributed by atoms with Crippen LogP contribution >= 0.6 is 0 Å². The van der Waals surface area contributed by atoms with Crippen LogP contribution in [0.1, 0.15) is 42.5 Å². The van der Waals surface area contributed by atoms with Crippen molar-refractivity contribution >= 4 is 28.2 Å². The van der Waals surface area contributed by atoms with E-state index in [4.69, 9.17) is 4.98 Å². The van der Waals surface area contributed by atoms with E-state index in [-0.39, 0.29) is 11.5 Å². The minimum absolute atomic E-state index is 0.151. The summed E-state index contributed by atoms with van der Waals surface area (Å²) >= 11 is 0. The quantitative estimate of drug-likeness (QED) is 0.437. The first kappa shape index (κ1) is 22.8. The van der Waals surface area contributed by atoms with Gasteiger partial charge in [0, 0.05) is 49.4 Å². The van der Waals surface area contributed by atoms with E-state index < -0.39 is 0 Å². The highest BCUT2D eigenvalue weighted by molar-refractivity contribution is 5.95. The fraction of sp³-hybridized carbons (Fsp3) is 0.286. The summed E-state index contributed by atoms with van der Waals surface area (Å²) in [5.74, 6) is 1.11. The second-order valence-electron chi connectivity index (χ2n) is 9.29. The Hall–Kier alpha value is -4.00. The molecule has 1 saturated heterocycles. The van der Waals surface area contributed by atoms with Crippen LogP contribution < -0.4 is 10.9 Å². The van der Waals surface area contributed by atoms with E-state index in [0.717, 1.165) is 54.0 Å². The molecule has 1 amide bonds. The van der Waals surface area contributed by atoms with Gasteiger partial charge in [-0.05, 0) is 85.5 Å². The molecular formula is C28H29N5O2. The van der Waals surface area contributed by atoms with Crippen LogP contribution in [0, 0.1) is 13.8 Å². The molecule has 0 aliphatic carbocycles. The number of nitrogens with zero attached hydrogens (tertiary/aromatic N) is 3. The highest BCUT2D eigenvalue weighted by Gasteiger charge is 2.23. The van der Waals surface area contributed by atoms with Crippen molar-refractivity contribution in [3.8, 4) is 11.3 Å². The molecule has 7 nitrogen and oxygen atoms in total. The predicted octanol–water partition coefficient (Wildman–Crippen LogP) is 5.07. The number of anilines is 2. The summed E-state index contributed by atoms with van der Waals surface area (Å²) in [6.07, 6.45) is 5.40. The molecule has 0 saturated carbocycles. The number of amides is 1. The van der Waals surface area contributed by atoms with Gasteiger partial charge >= 0.3 is 0 Å². The summed E-state index contributed by atoms with van der Waals surface area (Å²) in [5.41, 5.74) is 5.78. The van der Waals surface area contributed by atoms with Gasteiger partial charge in [0.1, 0.15) is 5.82 Å². The molecule has 35 heavy (non-hydrogen) atoms. The summed E-state index contributed by atoms with van der Waals surface area (Å²) in [6.45, 7) is 7.31. The lowest BCUT2D eigenvalue weighted by Crippen LogP contribution is -2.36. The number of likely N-dealkylation sites (tertiary alicyclic amines) is 1. The first-order valence-corrected chi connectivity index (χ1v) is 12.0. The summed E-state index contributed by atoms with van der Waals surface area (Å²) in [5, 5.41) is 4.73. The maximum atomic E-state index is 12.7. The Bertz CT molecular complexity index is 1450. The molecule has 0 spiro atoms. The average molecular weight is 468 g/mol. The van der Waals surface area contributed by atoms with Gasteiger partial charge < -0.3 is 15.2 Å². The molecule has 1 fully saturated rings. The minimum atomic E-state index is -0.184. The van der Waals surface area contributed by atoms with Gasteiger partial charge in [-0.25, -0.2) is 4.98 Å². The van der Waals surface area contributed by atoms with Gasteiger partial charge in [-0.3, -0.25) is 14.6 Å². The number of fused-ring (bicyclic) bond motifs is 1. The minimum Gasteiger partial charge on any atom is -0.343 e. The molecule has 4 aromatic rings. The van der Waals surface area contributed by atoms with Gasteiger partial charge in [-0.15, -0.1) is 0 Å². The first-order chi connectivity index (χ1) is 16.9. The highest BCUT2D eigenvalue weighted by atomic mass is 16.2. The molecule has 1 aliphatic rings. The lowest BCUT2D eigenvalue weighted by Gasteiger charge is -2.32. The fourth-order valence-electron chi connectivity index (χ4n) is 4.93. The van der Waals surface area contributed by atoms with E-state index >= 15 is 0 Å². The van der Waals surface area contributed by atoms with Crippen LogP contribution in [0.2, 0.25) is 0 Å². The van der Waals surface area contributed by atoms with E-state index in [0.29, 0.717) is 17.1 Å². The van der Waals surface area contributed by atoms with Crippen LogP contribution in [0.4, 0.5) is 11.5 Å². The molecule has 0 atom stereocenters. The van der Waals surface area contributed by atoms with Crippen molar-refractivity contribution in [2.45, 2.75) is 39.5 Å². The number of aryl methyl sites for hydroxylation is 2. The molecule has 3 aromatic heterocycles. The van der Waals surface area contributed by atoms with E-state index in [2.05, 4.69) is 34.3 Å². The Kier molecular flexibility index (Phi) is 6.07. The second kappa shape index (κ2) is 9.33. The SMILES string of the molecule is CC(=O)N1CCC(c2ccc(Nc3nc(-c4ccc(C)nc4)cc4cc[nH]c(=O)c34)cc2C)CC1. The van der Waals surface area contributed by atoms with E-state index in [1.54, 1.807) is 19.3 Å². The molecular weight excluding hydrogens is 438 g/mol. The van der Waals surface area contributed by atoms with Gasteiger partial charge in [-0.2, -0.15) is 0 Å². The topological polar surface area (TPSA) is 91.0 Å². The molecule has 178 valence electrons. The zero-order chi connectivity index (χ0) is 24.5. The van der Waals surface area contributed by atoms with Crippen molar-refractivity contribution < 1.29 is 4.79 Å². The lowest BCUT2D eigenvalue weighted by atomic mass is 9.86. The zero-order valence-corrected chi connectivity index (χ0v) is 20.3. The molecule has 4 heterocycles. The Morgan fingerprint density at radius 2 is 1.89 bits per heavy atom. The number of rotatable bonds is 4. The van der Waals surface area contributed by atoms with Crippen molar-refractivity contribution in [3.63, 3.8) is 0 Å². The Morgan fingerprint density at radius 1 is 1.09 bits per heavy atom. The number of pyridine rings is 3. The fourth-order valence-corrected chi connectivity index (χ4v) is 4.93. The van der Waals surface area contributed by atoms with E-state index in [1.165, 1.54) is 11.1 Å². The average Bonchev–Trinajstić information content (AvgIpc) is 2.84. The van der Waals surface area contributed by atoms with Crippen LogP contribution in [0.25, 0.3) is 22.0 Å². The standard InChI is InChI=1S/C28H29N5O2/c1-17-14-23(6-7-24(17)20-9-12-33(13-10-20)19(3)34)31-27-26-21(8-11-29-28(26)35)15-25(32-27)22-5-4-18(2)30-16-22/h4-8,11,14-16,20H,9-10,12-13H2,1-3H3,(H,29,35)(H,31,32). The van der Waals surface area contributed by atoms with Gasteiger partial charge in [0.25, 0.3) is 5.56 Å². The third-order valence-electron chi connectivity index (χ3n) is 6.87. The largest absolute Gasteiger partial charge is 0.343 e. The number of aromatic nitrogens is 3. The van der Waals surface area contributed by atoms with Crippen molar-refractivity contribution in [1.82, 2.24) is 19.9 Å². The molecule has 0 bridgehead atoms.